The Balaban J connectivity index is 1.44. The quantitative estimate of drug-likeness (QED) is 0.491. The van der Waals surface area contributed by atoms with E-state index in [-0.39, 0.29) is 30.3 Å². The van der Waals surface area contributed by atoms with Crippen LogP contribution in [0.3, 0.4) is 0 Å². The zero-order valence-electron chi connectivity index (χ0n) is 17.0. The van der Waals surface area contributed by atoms with Gasteiger partial charge in [-0.2, -0.15) is 0 Å². The Morgan fingerprint density at radius 2 is 1.62 bits per heavy atom. The number of phenols is 1. The van der Waals surface area contributed by atoms with Gasteiger partial charge in [-0.3, -0.25) is 4.79 Å². The third-order valence-electron chi connectivity index (χ3n) is 5.59. The largest absolute Gasteiger partial charge is 0.507 e. The summed E-state index contributed by atoms with van der Waals surface area (Å²) in [6.07, 6.45) is -0.428. The Morgan fingerprint density at radius 3 is 2.22 bits per heavy atom. The molecule has 1 atom stereocenters. The van der Waals surface area contributed by atoms with Gasteiger partial charge in [0.05, 0.1) is 5.56 Å². The topological polar surface area (TPSA) is 113 Å². The average molecular weight is 431 g/mol. The van der Waals surface area contributed by atoms with Gasteiger partial charge in [-0.25, -0.2) is 9.59 Å². The van der Waals surface area contributed by atoms with Crippen LogP contribution in [0.1, 0.15) is 33.0 Å². The van der Waals surface area contributed by atoms with Crippen LogP contribution in [0.15, 0.2) is 66.7 Å². The molecule has 3 aromatic carbocycles. The van der Waals surface area contributed by atoms with Crippen molar-refractivity contribution >= 4 is 18.3 Å². The van der Waals surface area contributed by atoms with Gasteiger partial charge in [0.2, 0.25) is 0 Å². The number of aromatic hydroxyl groups is 1. The number of ether oxygens (including phenoxy) is 1. The first-order valence-electron chi connectivity index (χ1n) is 10.1. The fourth-order valence-electron chi connectivity index (χ4n) is 4.04. The van der Waals surface area contributed by atoms with Gasteiger partial charge in [0, 0.05) is 12.3 Å². The molecular formula is C25H21NO6. The van der Waals surface area contributed by atoms with Crippen molar-refractivity contribution in [2.24, 2.45) is 0 Å². The molecule has 4 rings (SSSR count). The Kier molecular flexibility index (Phi) is 5.89. The van der Waals surface area contributed by atoms with Crippen molar-refractivity contribution < 1.29 is 29.3 Å². The molecule has 7 nitrogen and oxygen atoms in total. The first kappa shape index (κ1) is 21.1. The van der Waals surface area contributed by atoms with Crippen LogP contribution >= 0.6 is 0 Å². The highest BCUT2D eigenvalue weighted by Crippen LogP contribution is 2.44. The lowest BCUT2D eigenvalue weighted by Crippen LogP contribution is -2.42. The average Bonchev–Trinajstić information content (AvgIpc) is 3.12. The van der Waals surface area contributed by atoms with Crippen molar-refractivity contribution in [3.8, 4) is 16.9 Å². The summed E-state index contributed by atoms with van der Waals surface area (Å²) in [5.41, 5.74) is 4.84. The Hall–Kier alpha value is -4.13. The van der Waals surface area contributed by atoms with Crippen LogP contribution in [-0.4, -0.2) is 41.2 Å². The van der Waals surface area contributed by atoms with E-state index in [0.29, 0.717) is 11.8 Å². The van der Waals surface area contributed by atoms with E-state index in [9.17, 15) is 24.6 Å². The molecule has 1 amide bonds. The second-order valence-electron chi connectivity index (χ2n) is 7.58. The van der Waals surface area contributed by atoms with Crippen LogP contribution in [0.5, 0.6) is 5.75 Å². The molecule has 0 aromatic heterocycles. The van der Waals surface area contributed by atoms with Gasteiger partial charge in [0.25, 0.3) is 0 Å². The summed E-state index contributed by atoms with van der Waals surface area (Å²) in [5.74, 6) is -1.57. The summed E-state index contributed by atoms with van der Waals surface area (Å²) in [7, 11) is 0. The van der Waals surface area contributed by atoms with Crippen molar-refractivity contribution in [1.29, 1.82) is 0 Å². The first-order valence-corrected chi connectivity index (χ1v) is 10.1. The molecule has 0 saturated carbocycles. The summed E-state index contributed by atoms with van der Waals surface area (Å²) in [6.45, 7) is 0.0701. The summed E-state index contributed by atoms with van der Waals surface area (Å²) in [4.78, 5) is 35.1. The molecule has 0 heterocycles. The second-order valence-corrected chi connectivity index (χ2v) is 7.58. The highest BCUT2D eigenvalue weighted by atomic mass is 16.5. The molecule has 0 aliphatic heterocycles. The molecule has 162 valence electrons. The van der Waals surface area contributed by atoms with E-state index in [1.54, 1.807) is 0 Å². The molecule has 0 fully saturated rings. The van der Waals surface area contributed by atoms with Gasteiger partial charge in [-0.05, 0) is 39.9 Å². The Morgan fingerprint density at radius 1 is 1.00 bits per heavy atom. The predicted octanol–water partition coefficient (Wildman–Crippen LogP) is 3.74. The number of benzene rings is 3. The molecule has 1 aliphatic rings. The van der Waals surface area contributed by atoms with Gasteiger partial charge < -0.3 is 20.3 Å². The number of aliphatic carboxylic acids is 1. The van der Waals surface area contributed by atoms with E-state index >= 15 is 0 Å². The molecule has 3 aromatic rings. The highest BCUT2D eigenvalue weighted by Gasteiger charge is 2.29. The van der Waals surface area contributed by atoms with Crippen LogP contribution in [0.4, 0.5) is 4.79 Å². The molecule has 0 saturated heterocycles. The van der Waals surface area contributed by atoms with Crippen LogP contribution < -0.4 is 5.32 Å². The minimum absolute atomic E-state index is 0.0489. The molecule has 0 unspecified atom stereocenters. The third kappa shape index (κ3) is 4.18. The molecule has 0 radical (unpaired) electrons. The first-order chi connectivity index (χ1) is 15.5. The number of aldehydes is 1. The number of carboxylic acids is 1. The molecule has 1 aliphatic carbocycles. The maximum atomic E-state index is 12.4. The summed E-state index contributed by atoms with van der Waals surface area (Å²) >= 11 is 0. The van der Waals surface area contributed by atoms with Crippen molar-refractivity contribution in [2.45, 2.75) is 18.4 Å². The third-order valence-corrected chi connectivity index (χ3v) is 5.59. The van der Waals surface area contributed by atoms with Crippen LogP contribution in [-0.2, 0) is 16.0 Å². The maximum absolute atomic E-state index is 12.4. The van der Waals surface area contributed by atoms with Gasteiger partial charge in [-0.1, -0.05) is 54.6 Å². The van der Waals surface area contributed by atoms with Gasteiger partial charge >= 0.3 is 12.1 Å². The zero-order valence-corrected chi connectivity index (χ0v) is 17.0. The van der Waals surface area contributed by atoms with E-state index in [2.05, 4.69) is 5.32 Å². The number of rotatable bonds is 7. The van der Waals surface area contributed by atoms with Crippen LogP contribution in [0, 0.1) is 0 Å². The summed E-state index contributed by atoms with van der Waals surface area (Å²) in [6, 6.07) is 18.8. The molecule has 7 heteroatoms. The van der Waals surface area contributed by atoms with E-state index in [0.717, 1.165) is 22.3 Å². The van der Waals surface area contributed by atoms with Gasteiger partial charge in [-0.15, -0.1) is 0 Å². The molecule has 0 spiro atoms. The summed E-state index contributed by atoms with van der Waals surface area (Å²) in [5, 5.41) is 21.5. The lowest BCUT2D eigenvalue weighted by Gasteiger charge is -2.17. The fourth-order valence-corrected chi connectivity index (χ4v) is 4.04. The van der Waals surface area contributed by atoms with Crippen molar-refractivity contribution in [2.75, 3.05) is 6.61 Å². The van der Waals surface area contributed by atoms with Crippen molar-refractivity contribution in [3.05, 3.63) is 89.0 Å². The minimum atomic E-state index is -1.25. The van der Waals surface area contributed by atoms with Gasteiger partial charge in [0.1, 0.15) is 18.4 Å². The highest BCUT2D eigenvalue weighted by molar-refractivity contribution is 5.82. The SMILES string of the molecule is O=Cc1cc(C[C@H](NC(=O)OCC2c3ccccc3-c3ccccc32)C(=O)O)ccc1O. The second kappa shape index (κ2) is 8.93. The monoisotopic (exact) mass is 431 g/mol. The van der Waals surface area contributed by atoms with E-state index < -0.39 is 18.1 Å². The molecule has 0 bridgehead atoms. The number of nitrogens with one attached hydrogen (secondary N) is 1. The smallest absolute Gasteiger partial charge is 0.407 e. The standard InChI is InChI=1S/C25H21NO6/c27-13-16-11-15(9-10-23(16)28)12-22(24(29)30)26-25(31)32-14-21-19-7-3-1-5-17(19)18-6-2-4-8-20(18)21/h1-11,13,21-22,28H,12,14H2,(H,26,31)(H,29,30)/t22-/m0/s1. The number of carbonyl (C=O) groups excluding carboxylic acids is 2. The Labute approximate surface area is 184 Å². The summed E-state index contributed by atoms with van der Waals surface area (Å²) < 4.78 is 5.41. The number of fused-ring (bicyclic) bond motifs is 3. The Bertz CT molecular complexity index is 1140. The number of hydrogen-bond acceptors (Lipinski definition) is 5. The van der Waals surface area contributed by atoms with Gasteiger partial charge in [0.15, 0.2) is 6.29 Å². The number of alkyl carbamates (subject to hydrolysis) is 1. The lowest BCUT2D eigenvalue weighted by molar-refractivity contribution is -0.139. The van der Waals surface area contributed by atoms with E-state index in [4.69, 9.17) is 4.74 Å². The predicted molar refractivity (Wildman–Crippen MR) is 117 cm³/mol. The number of carbonyl (C=O) groups is 3. The maximum Gasteiger partial charge on any atom is 0.407 e. The number of amides is 1. The lowest BCUT2D eigenvalue weighted by atomic mass is 9.98. The van der Waals surface area contributed by atoms with Crippen LogP contribution in [0.2, 0.25) is 0 Å². The molecule has 3 N–H and O–H groups in total. The fraction of sp³-hybridized carbons (Fsp3) is 0.160. The number of carboxylic acid groups (broad SMARTS) is 1. The van der Waals surface area contributed by atoms with Crippen molar-refractivity contribution in [3.63, 3.8) is 0 Å². The zero-order chi connectivity index (χ0) is 22.7. The number of hydrogen-bond donors (Lipinski definition) is 3. The normalized spacial score (nSPS) is 13.0. The van der Waals surface area contributed by atoms with Crippen molar-refractivity contribution in [1.82, 2.24) is 5.32 Å². The number of phenolic OH excluding ortho intramolecular Hbond substituents is 1. The molecule has 32 heavy (non-hydrogen) atoms. The van der Waals surface area contributed by atoms with Crippen LogP contribution in [0.25, 0.3) is 11.1 Å². The minimum Gasteiger partial charge on any atom is -0.507 e. The van der Waals surface area contributed by atoms with E-state index in [1.165, 1.54) is 18.2 Å². The van der Waals surface area contributed by atoms with E-state index in [1.807, 2.05) is 48.5 Å². The molecular weight excluding hydrogens is 410 g/mol.